The van der Waals surface area contributed by atoms with Crippen molar-refractivity contribution in [3.63, 3.8) is 0 Å². The quantitative estimate of drug-likeness (QED) is 0.470. The molecule has 1 unspecified atom stereocenters. The van der Waals surface area contributed by atoms with Gasteiger partial charge in [0.15, 0.2) is 6.35 Å². The lowest BCUT2D eigenvalue weighted by molar-refractivity contribution is -0.126. The number of para-hydroxylation sites is 1. The number of rotatable bonds is 7. The van der Waals surface area contributed by atoms with Gasteiger partial charge in [0.2, 0.25) is 5.91 Å². The molecule has 1 spiro atoms. The zero-order valence-corrected chi connectivity index (χ0v) is 17.4. The van der Waals surface area contributed by atoms with Gasteiger partial charge in [0.25, 0.3) is 0 Å². The van der Waals surface area contributed by atoms with Crippen LogP contribution in [-0.4, -0.2) is 78.6 Å². The van der Waals surface area contributed by atoms with Gasteiger partial charge in [-0.2, -0.15) is 0 Å². The van der Waals surface area contributed by atoms with Gasteiger partial charge in [-0.1, -0.05) is 24.6 Å². The summed E-state index contributed by atoms with van der Waals surface area (Å²) in [6.07, 6.45) is 5.87. The van der Waals surface area contributed by atoms with Crippen molar-refractivity contribution < 1.29 is 9.90 Å². The number of carbonyl (C=O) groups excluding carboxylic acids is 1. The number of benzene rings is 1. The number of nitrogens with one attached hydrogen (secondary N) is 2. The van der Waals surface area contributed by atoms with Crippen molar-refractivity contribution in [2.24, 2.45) is 0 Å². The molecule has 0 radical (unpaired) electrons. The van der Waals surface area contributed by atoms with Crippen molar-refractivity contribution in [3.05, 3.63) is 30.3 Å². The molecule has 1 atom stereocenters. The lowest BCUT2D eigenvalue weighted by Crippen LogP contribution is -2.59. The second-order valence-corrected chi connectivity index (χ2v) is 8.58. The van der Waals surface area contributed by atoms with Crippen molar-refractivity contribution >= 4 is 11.6 Å². The third-order valence-electron chi connectivity index (χ3n) is 6.80. The van der Waals surface area contributed by atoms with Crippen LogP contribution in [0.1, 0.15) is 38.5 Å². The van der Waals surface area contributed by atoms with Crippen LogP contribution in [0, 0.1) is 0 Å². The van der Waals surface area contributed by atoms with Gasteiger partial charge in [-0.25, -0.2) is 0 Å². The van der Waals surface area contributed by atoms with Gasteiger partial charge >= 0.3 is 0 Å². The van der Waals surface area contributed by atoms with E-state index in [0.29, 0.717) is 19.8 Å². The minimum atomic E-state index is -0.636. The smallest absolute Gasteiger partial charge is 0.247 e. The van der Waals surface area contributed by atoms with Gasteiger partial charge in [0.05, 0.1) is 6.67 Å². The van der Waals surface area contributed by atoms with Crippen molar-refractivity contribution in [3.8, 4) is 0 Å². The summed E-state index contributed by atoms with van der Waals surface area (Å²) in [7, 11) is 0. The molecule has 3 saturated heterocycles. The number of anilines is 1. The van der Waals surface area contributed by atoms with E-state index >= 15 is 0 Å². The SMILES string of the molecule is O=C1NCN(c2ccccc2)C12CCN(C(O)NCCCN1CCCCC1)CC2. The number of hydrogen-bond donors (Lipinski definition) is 3. The first-order chi connectivity index (χ1) is 14.2. The first kappa shape index (κ1) is 20.6. The highest BCUT2D eigenvalue weighted by Crippen LogP contribution is 2.36. The maximum Gasteiger partial charge on any atom is 0.247 e. The molecule has 3 N–H and O–H groups in total. The number of carbonyl (C=O) groups is 1. The van der Waals surface area contributed by atoms with Crippen molar-refractivity contribution in [1.29, 1.82) is 0 Å². The third-order valence-corrected chi connectivity index (χ3v) is 6.80. The lowest BCUT2D eigenvalue weighted by atomic mass is 9.85. The van der Waals surface area contributed by atoms with Crippen molar-refractivity contribution in [2.75, 3.05) is 50.8 Å². The normalized spacial score (nSPS) is 24.0. The van der Waals surface area contributed by atoms with E-state index in [-0.39, 0.29) is 5.91 Å². The van der Waals surface area contributed by atoms with Crippen LogP contribution in [0.3, 0.4) is 0 Å². The molecular weight excluding hydrogens is 366 g/mol. The van der Waals surface area contributed by atoms with Crippen molar-refractivity contribution in [2.45, 2.75) is 50.4 Å². The van der Waals surface area contributed by atoms with Crippen LogP contribution in [-0.2, 0) is 4.79 Å². The van der Waals surface area contributed by atoms with E-state index in [4.69, 9.17) is 0 Å². The van der Waals surface area contributed by atoms with Crippen LogP contribution in [0.5, 0.6) is 0 Å². The highest BCUT2D eigenvalue weighted by Gasteiger charge is 2.50. The molecule has 29 heavy (non-hydrogen) atoms. The second kappa shape index (κ2) is 9.43. The summed E-state index contributed by atoms with van der Waals surface area (Å²) in [4.78, 5) is 19.5. The molecule has 1 amide bonds. The van der Waals surface area contributed by atoms with Crippen LogP contribution in [0.15, 0.2) is 30.3 Å². The summed E-state index contributed by atoms with van der Waals surface area (Å²) < 4.78 is 0. The Morgan fingerprint density at radius 3 is 2.52 bits per heavy atom. The largest absolute Gasteiger partial charge is 0.365 e. The molecule has 0 saturated carbocycles. The highest BCUT2D eigenvalue weighted by atomic mass is 16.3. The van der Waals surface area contributed by atoms with Crippen LogP contribution < -0.4 is 15.5 Å². The number of likely N-dealkylation sites (tertiary alicyclic amines) is 2. The number of piperidine rings is 2. The molecule has 3 heterocycles. The van der Waals surface area contributed by atoms with Crippen LogP contribution in [0.2, 0.25) is 0 Å². The third kappa shape index (κ3) is 4.58. The van der Waals surface area contributed by atoms with Crippen LogP contribution in [0.4, 0.5) is 5.69 Å². The maximum atomic E-state index is 12.7. The summed E-state index contributed by atoms with van der Waals surface area (Å²) in [5.41, 5.74) is 0.585. The minimum absolute atomic E-state index is 0.116. The van der Waals surface area contributed by atoms with E-state index in [9.17, 15) is 9.90 Å². The number of aliphatic hydroxyl groups is 1. The average Bonchev–Trinajstić information content (AvgIpc) is 3.08. The summed E-state index contributed by atoms with van der Waals surface area (Å²) in [5.74, 6) is 0.116. The fourth-order valence-corrected chi connectivity index (χ4v) is 5.02. The molecule has 0 aliphatic carbocycles. The molecule has 160 valence electrons. The Bertz CT molecular complexity index is 656. The topological polar surface area (TPSA) is 71.1 Å². The first-order valence-corrected chi connectivity index (χ1v) is 11.2. The first-order valence-electron chi connectivity index (χ1n) is 11.2. The molecular formula is C22H35N5O2. The highest BCUT2D eigenvalue weighted by molar-refractivity contribution is 5.93. The van der Waals surface area contributed by atoms with Gasteiger partial charge in [-0.05, 0) is 70.4 Å². The number of nitrogens with zero attached hydrogens (tertiary/aromatic N) is 3. The van der Waals surface area contributed by atoms with Crippen LogP contribution in [0.25, 0.3) is 0 Å². The molecule has 3 aliphatic heterocycles. The Balaban J connectivity index is 1.25. The standard InChI is InChI=1S/C22H35N5O2/c28-20-22(27(18-24-20)19-8-3-1-4-9-19)10-16-26(17-11-22)21(29)23-12-7-15-25-13-5-2-6-14-25/h1,3-4,8-9,21,23,29H,2,5-7,10-18H2,(H,24,28). The van der Waals surface area contributed by atoms with E-state index in [2.05, 4.69) is 37.5 Å². The summed E-state index contributed by atoms with van der Waals surface area (Å²) >= 11 is 0. The minimum Gasteiger partial charge on any atom is -0.365 e. The van der Waals surface area contributed by atoms with Gasteiger partial charge in [-0.3, -0.25) is 15.0 Å². The predicted molar refractivity (Wildman–Crippen MR) is 114 cm³/mol. The number of hydrogen-bond acceptors (Lipinski definition) is 6. The van der Waals surface area contributed by atoms with Gasteiger partial charge < -0.3 is 20.2 Å². The average molecular weight is 402 g/mol. The maximum absolute atomic E-state index is 12.7. The molecule has 0 bridgehead atoms. The van der Waals surface area contributed by atoms with E-state index < -0.39 is 11.9 Å². The summed E-state index contributed by atoms with van der Waals surface area (Å²) in [6.45, 7) is 6.33. The Morgan fingerprint density at radius 2 is 1.79 bits per heavy atom. The van der Waals surface area contributed by atoms with E-state index in [1.54, 1.807) is 0 Å². The fraction of sp³-hybridized carbons (Fsp3) is 0.682. The second-order valence-electron chi connectivity index (χ2n) is 8.58. The molecule has 1 aromatic carbocycles. The molecule has 7 nitrogen and oxygen atoms in total. The zero-order chi connectivity index (χ0) is 20.1. The van der Waals surface area contributed by atoms with E-state index in [0.717, 1.165) is 38.0 Å². The molecule has 3 aliphatic rings. The molecule has 4 rings (SSSR count). The molecule has 3 fully saturated rings. The zero-order valence-electron chi connectivity index (χ0n) is 17.4. The fourth-order valence-electron chi connectivity index (χ4n) is 5.02. The lowest BCUT2D eigenvalue weighted by Gasteiger charge is -2.44. The summed E-state index contributed by atoms with van der Waals surface area (Å²) in [6, 6.07) is 10.1. The van der Waals surface area contributed by atoms with Gasteiger partial charge in [0, 0.05) is 18.8 Å². The Kier molecular flexibility index (Phi) is 6.70. The van der Waals surface area contributed by atoms with Gasteiger partial charge in [-0.15, -0.1) is 0 Å². The Hall–Kier alpha value is -1.67. The Morgan fingerprint density at radius 1 is 1.07 bits per heavy atom. The summed E-state index contributed by atoms with van der Waals surface area (Å²) in [5, 5.41) is 16.9. The molecule has 0 aromatic heterocycles. The number of aliphatic hydroxyl groups excluding tert-OH is 1. The van der Waals surface area contributed by atoms with E-state index in [1.165, 1.54) is 32.4 Å². The Labute approximate surface area is 174 Å². The molecule has 7 heteroatoms. The number of amides is 1. The monoisotopic (exact) mass is 401 g/mol. The van der Waals surface area contributed by atoms with Crippen LogP contribution >= 0.6 is 0 Å². The van der Waals surface area contributed by atoms with Gasteiger partial charge in [0.1, 0.15) is 5.54 Å². The molecule has 1 aromatic rings. The predicted octanol–water partition coefficient (Wildman–Crippen LogP) is 1.16. The van der Waals surface area contributed by atoms with Crippen molar-refractivity contribution in [1.82, 2.24) is 20.4 Å². The van der Waals surface area contributed by atoms with E-state index in [1.807, 2.05) is 18.2 Å².